The molecule has 0 aliphatic heterocycles. The van der Waals surface area contributed by atoms with Crippen molar-refractivity contribution in [2.24, 2.45) is 0 Å². The van der Waals surface area contributed by atoms with Gasteiger partial charge >= 0.3 is 5.97 Å². The van der Waals surface area contributed by atoms with Crippen molar-refractivity contribution >= 4 is 29.3 Å². The van der Waals surface area contributed by atoms with Gasteiger partial charge in [0.05, 0.1) is 11.8 Å². The minimum atomic E-state index is -1.04. The van der Waals surface area contributed by atoms with Gasteiger partial charge in [0.2, 0.25) is 5.91 Å². The van der Waals surface area contributed by atoms with Gasteiger partial charge in [-0.15, -0.1) is 11.8 Å². The number of benzene rings is 1. The van der Waals surface area contributed by atoms with Crippen LogP contribution in [0.4, 0.5) is 5.69 Å². The largest absolute Gasteiger partial charge is 0.480 e. The van der Waals surface area contributed by atoms with Gasteiger partial charge in [-0.1, -0.05) is 18.2 Å². The summed E-state index contributed by atoms with van der Waals surface area (Å²) in [6.45, 7) is 3.03. The highest BCUT2D eigenvalue weighted by molar-refractivity contribution is 8.02. The van der Waals surface area contributed by atoms with Crippen LogP contribution in [0.3, 0.4) is 0 Å². The highest BCUT2D eigenvalue weighted by atomic mass is 32.2. The van der Waals surface area contributed by atoms with Gasteiger partial charge < -0.3 is 5.11 Å². The van der Waals surface area contributed by atoms with E-state index in [1.54, 1.807) is 38.1 Å². The SMILES string of the molecule is CC(C)(SCC(=O)N(CC#N)c1ccccc1)C(=O)O. The molecule has 0 saturated heterocycles. The minimum Gasteiger partial charge on any atom is -0.480 e. The summed E-state index contributed by atoms with van der Waals surface area (Å²) in [6, 6.07) is 10.8. The third-order valence-corrected chi connectivity index (χ3v) is 3.96. The van der Waals surface area contributed by atoms with Crippen molar-refractivity contribution in [2.75, 3.05) is 17.2 Å². The van der Waals surface area contributed by atoms with Crippen molar-refractivity contribution in [3.63, 3.8) is 0 Å². The number of nitrogens with zero attached hydrogens (tertiary/aromatic N) is 2. The summed E-state index contributed by atoms with van der Waals surface area (Å²) >= 11 is 1.04. The Hall–Kier alpha value is -2.00. The topological polar surface area (TPSA) is 81.4 Å². The van der Waals surface area contributed by atoms with Gasteiger partial charge in [0, 0.05) is 5.69 Å². The average molecular weight is 292 g/mol. The molecular weight excluding hydrogens is 276 g/mol. The van der Waals surface area contributed by atoms with Crippen molar-refractivity contribution in [3.05, 3.63) is 30.3 Å². The van der Waals surface area contributed by atoms with Gasteiger partial charge in [-0.25, -0.2) is 0 Å². The minimum absolute atomic E-state index is 0.00980. The Labute approximate surface area is 122 Å². The predicted molar refractivity (Wildman–Crippen MR) is 78.6 cm³/mol. The molecule has 0 aromatic heterocycles. The van der Waals surface area contributed by atoms with E-state index in [2.05, 4.69) is 0 Å². The van der Waals surface area contributed by atoms with Gasteiger partial charge in [-0.05, 0) is 26.0 Å². The van der Waals surface area contributed by atoms with Crippen LogP contribution in [0.1, 0.15) is 13.8 Å². The molecule has 0 saturated carbocycles. The molecular formula is C14H16N2O3S. The number of para-hydroxylation sites is 1. The van der Waals surface area contributed by atoms with Crippen molar-refractivity contribution in [1.82, 2.24) is 0 Å². The third-order valence-electron chi connectivity index (χ3n) is 2.67. The van der Waals surface area contributed by atoms with Crippen molar-refractivity contribution < 1.29 is 14.7 Å². The lowest BCUT2D eigenvalue weighted by atomic mass is 10.2. The highest BCUT2D eigenvalue weighted by Gasteiger charge is 2.29. The number of hydrogen-bond donors (Lipinski definition) is 1. The molecule has 0 spiro atoms. The number of carboxylic acids is 1. The Morgan fingerprint density at radius 3 is 2.45 bits per heavy atom. The van der Waals surface area contributed by atoms with E-state index in [-0.39, 0.29) is 18.2 Å². The molecule has 1 N–H and O–H groups in total. The van der Waals surface area contributed by atoms with E-state index in [0.717, 1.165) is 11.8 Å². The first-order valence-electron chi connectivity index (χ1n) is 5.98. The molecule has 6 heteroatoms. The molecule has 0 aliphatic rings. The molecule has 0 unspecified atom stereocenters. The Morgan fingerprint density at radius 1 is 1.35 bits per heavy atom. The maximum atomic E-state index is 12.2. The molecule has 0 aliphatic carbocycles. The Balaban J connectivity index is 2.77. The highest BCUT2D eigenvalue weighted by Crippen LogP contribution is 2.25. The first kappa shape index (κ1) is 16.1. The van der Waals surface area contributed by atoms with Crippen molar-refractivity contribution in [1.29, 1.82) is 5.26 Å². The number of hydrogen-bond acceptors (Lipinski definition) is 4. The summed E-state index contributed by atoms with van der Waals surface area (Å²) in [5.74, 6) is -1.24. The summed E-state index contributed by atoms with van der Waals surface area (Å²) < 4.78 is -1.04. The van der Waals surface area contributed by atoms with E-state index < -0.39 is 10.7 Å². The lowest BCUT2D eigenvalue weighted by Gasteiger charge is -2.22. The molecule has 5 nitrogen and oxygen atoms in total. The van der Waals surface area contributed by atoms with Crippen LogP contribution in [0.15, 0.2) is 30.3 Å². The number of anilines is 1. The first-order chi connectivity index (χ1) is 9.38. The molecule has 0 atom stereocenters. The number of aliphatic carboxylic acids is 1. The maximum absolute atomic E-state index is 12.2. The second kappa shape index (κ2) is 6.96. The molecule has 1 amide bonds. The van der Waals surface area contributed by atoms with Gasteiger partial charge in [-0.3, -0.25) is 14.5 Å². The summed E-state index contributed by atoms with van der Waals surface area (Å²) in [5.41, 5.74) is 0.632. The number of carbonyl (C=O) groups is 2. The average Bonchev–Trinajstić information content (AvgIpc) is 2.43. The fourth-order valence-electron chi connectivity index (χ4n) is 1.38. The van der Waals surface area contributed by atoms with Crippen LogP contribution in [0.5, 0.6) is 0 Å². The number of nitriles is 1. The summed E-state index contributed by atoms with van der Waals surface area (Å²) in [4.78, 5) is 24.5. The van der Waals surface area contributed by atoms with Crippen LogP contribution in [-0.4, -0.2) is 34.0 Å². The molecule has 106 valence electrons. The van der Waals surface area contributed by atoms with Crippen LogP contribution in [0, 0.1) is 11.3 Å². The molecule has 0 heterocycles. The van der Waals surface area contributed by atoms with Crippen molar-refractivity contribution in [3.8, 4) is 6.07 Å². The standard InChI is InChI=1S/C14H16N2O3S/c1-14(2,13(18)19)20-10-12(17)16(9-8-15)11-6-4-3-5-7-11/h3-7H,9-10H2,1-2H3,(H,18,19). The van der Waals surface area contributed by atoms with Gasteiger partial charge in [-0.2, -0.15) is 5.26 Å². The third kappa shape index (κ3) is 4.28. The predicted octanol–water partition coefficient (Wildman–Crippen LogP) is 2.14. The zero-order valence-corrected chi connectivity index (χ0v) is 12.2. The van der Waals surface area contributed by atoms with Gasteiger partial charge in [0.25, 0.3) is 0 Å². The second-order valence-corrected chi connectivity index (χ2v) is 6.18. The van der Waals surface area contributed by atoms with Crippen LogP contribution in [0.2, 0.25) is 0 Å². The van der Waals surface area contributed by atoms with E-state index in [9.17, 15) is 9.59 Å². The van der Waals surface area contributed by atoms with E-state index in [0.29, 0.717) is 5.69 Å². The van der Waals surface area contributed by atoms with E-state index in [1.807, 2.05) is 12.1 Å². The van der Waals surface area contributed by atoms with Crippen LogP contribution >= 0.6 is 11.8 Å². The fourth-order valence-corrected chi connectivity index (χ4v) is 2.15. The Bertz CT molecular complexity index is 523. The summed E-state index contributed by atoms with van der Waals surface area (Å²) in [6.07, 6.45) is 0. The number of thioether (sulfide) groups is 1. The monoisotopic (exact) mass is 292 g/mol. The first-order valence-corrected chi connectivity index (χ1v) is 6.97. The molecule has 1 aromatic carbocycles. The van der Waals surface area contributed by atoms with Gasteiger partial charge in [0.1, 0.15) is 11.3 Å². The van der Waals surface area contributed by atoms with E-state index in [1.165, 1.54) is 4.90 Å². The van der Waals surface area contributed by atoms with E-state index >= 15 is 0 Å². The number of amides is 1. The molecule has 20 heavy (non-hydrogen) atoms. The second-order valence-electron chi connectivity index (χ2n) is 4.58. The molecule has 0 bridgehead atoms. The Kier molecular flexibility index (Phi) is 5.59. The number of rotatable bonds is 6. The summed E-state index contributed by atoms with van der Waals surface area (Å²) in [5, 5.41) is 17.8. The lowest BCUT2D eigenvalue weighted by Crippen LogP contribution is -2.35. The normalized spacial score (nSPS) is 10.7. The quantitative estimate of drug-likeness (QED) is 0.812. The van der Waals surface area contributed by atoms with Crippen LogP contribution < -0.4 is 4.90 Å². The van der Waals surface area contributed by atoms with Gasteiger partial charge in [0.15, 0.2) is 0 Å². The van der Waals surface area contributed by atoms with E-state index in [4.69, 9.17) is 10.4 Å². The number of carboxylic acid groups (broad SMARTS) is 1. The lowest BCUT2D eigenvalue weighted by molar-refractivity contribution is -0.138. The zero-order chi connectivity index (χ0) is 15.2. The molecule has 0 fully saturated rings. The van der Waals surface area contributed by atoms with Crippen LogP contribution in [0.25, 0.3) is 0 Å². The molecule has 0 radical (unpaired) electrons. The number of carbonyl (C=O) groups excluding carboxylic acids is 1. The zero-order valence-electron chi connectivity index (χ0n) is 11.4. The van der Waals surface area contributed by atoms with Crippen LogP contribution in [-0.2, 0) is 9.59 Å². The molecule has 1 aromatic rings. The maximum Gasteiger partial charge on any atom is 0.319 e. The Morgan fingerprint density at radius 2 is 1.95 bits per heavy atom. The summed E-state index contributed by atoms with van der Waals surface area (Å²) in [7, 11) is 0. The smallest absolute Gasteiger partial charge is 0.319 e. The fraction of sp³-hybridized carbons (Fsp3) is 0.357. The van der Waals surface area contributed by atoms with Crippen molar-refractivity contribution in [2.45, 2.75) is 18.6 Å². The molecule has 1 rings (SSSR count).